The van der Waals surface area contributed by atoms with E-state index in [-0.39, 0.29) is 28.7 Å². The van der Waals surface area contributed by atoms with Crippen molar-refractivity contribution in [3.05, 3.63) is 36.5 Å². The third-order valence-electron chi connectivity index (χ3n) is 8.17. The summed E-state index contributed by atoms with van der Waals surface area (Å²) in [5.74, 6) is -0.745. The number of carbonyl (C=O) groups is 1. The second-order valence-electron chi connectivity index (χ2n) is 13.8. The molecule has 0 bridgehead atoms. The summed E-state index contributed by atoms with van der Waals surface area (Å²) in [7, 11) is -3.76. The molecule has 0 rings (SSSR count). The minimum Gasteiger partial charge on any atom is -0.481 e. The maximum Gasteiger partial charge on any atom is 0.303 e. The highest BCUT2D eigenvalue weighted by Gasteiger charge is 2.39. The lowest BCUT2D eigenvalue weighted by Gasteiger charge is -2.39. The highest BCUT2D eigenvalue weighted by molar-refractivity contribution is 6.74. The number of allylic oxidation sites excluding steroid dienone is 4. The predicted octanol–water partition coefficient (Wildman–Crippen LogP) is 10.4. The van der Waals surface area contributed by atoms with Crippen molar-refractivity contribution in [2.75, 3.05) is 0 Å². The molecule has 0 spiro atoms. The Labute approximate surface area is 238 Å². The monoisotopic (exact) mass is 566 g/mol. The first kappa shape index (κ1) is 37.0. The van der Waals surface area contributed by atoms with Crippen molar-refractivity contribution in [2.24, 2.45) is 0 Å². The van der Waals surface area contributed by atoms with Gasteiger partial charge in [0.25, 0.3) is 0 Å². The Bertz CT molecular complexity index is 740. The van der Waals surface area contributed by atoms with E-state index in [0.717, 1.165) is 32.1 Å². The van der Waals surface area contributed by atoms with Crippen LogP contribution in [0.4, 0.5) is 0 Å². The van der Waals surface area contributed by atoms with Gasteiger partial charge in [0.05, 0.1) is 6.10 Å². The maximum absolute atomic E-state index is 11.0. The molecule has 0 aliphatic rings. The largest absolute Gasteiger partial charge is 0.481 e. The maximum atomic E-state index is 11.0. The van der Waals surface area contributed by atoms with E-state index in [0.29, 0.717) is 6.42 Å². The van der Waals surface area contributed by atoms with E-state index in [9.17, 15) is 4.79 Å². The summed E-state index contributed by atoms with van der Waals surface area (Å²) in [4.78, 5) is 11.0. The van der Waals surface area contributed by atoms with Crippen LogP contribution in [0.1, 0.15) is 113 Å². The Morgan fingerprint density at radius 3 is 1.95 bits per heavy atom. The van der Waals surface area contributed by atoms with Gasteiger partial charge >= 0.3 is 5.97 Å². The third kappa shape index (κ3) is 16.2. The highest BCUT2D eigenvalue weighted by atomic mass is 28.4. The molecule has 4 nitrogen and oxygen atoms in total. The molecule has 1 N–H and O–H groups in total. The first-order chi connectivity index (χ1) is 17.4. The normalized spacial score (nSPS) is 15.7. The number of carboxylic acid groups (broad SMARTS) is 1. The lowest BCUT2D eigenvalue weighted by molar-refractivity contribution is -0.137. The Balaban J connectivity index is 5.17. The Hall–Kier alpha value is -0.956. The van der Waals surface area contributed by atoms with Gasteiger partial charge in [0.15, 0.2) is 16.6 Å². The van der Waals surface area contributed by atoms with Gasteiger partial charge < -0.3 is 14.0 Å². The van der Waals surface area contributed by atoms with Crippen LogP contribution in [-0.4, -0.2) is 39.9 Å². The van der Waals surface area contributed by atoms with Gasteiger partial charge in [0.2, 0.25) is 0 Å². The van der Waals surface area contributed by atoms with Gasteiger partial charge in [-0.05, 0) is 81.2 Å². The van der Waals surface area contributed by atoms with Crippen LogP contribution in [0.25, 0.3) is 0 Å². The molecule has 0 aromatic carbocycles. The lowest BCUT2D eigenvalue weighted by atomic mass is 10.1. The molecule has 0 unspecified atom stereocenters. The number of rotatable bonds is 19. The van der Waals surface area contributed by atoms with Crippen LogP contribution < -0.4 is 0 Å². The van der Waals surface area contributed by atoms with Crippen molar-refractivity contribution in [3.8, 4) is 0 Å². The summed E-state index contributed by atoms with van der Waals surface area (Å²) in [6.07, 6.45) is 22.9. The van der Waals surface area contributed by atoms with E-state index in [1.54, 1.807) is 0 Å². The predicted molar refractivity (Wildman–Crippen MR) is 171 cm³/mol. The van der Waals surface area contributed by atoms with Crippen molar-refractivity contribution in [1.29, 1.82) is 0 Å². The average molecular weight is 567 g/mol. The molecular weight excluding hydrogens is 505 g/mol. The van der Waals surface area contributed by atoms with Crippen molar-refractivity contribution in [3.63, 3.8) is 0 Å². The van der Waals surface area contributed by atoms with Gasteiger partial charge in [-0.15, -0.1) is 0 Å². The van der Waals surface area contributed by atoms with Crippen molar-refractivity contribution in [2.45, 2.75) is 161 Å². The molecule has 0 fully saturated rings. The summed E-state index contributed by atoms with van der Waals surface area (Å²) in [6.45, 7) is 25.1. The zero-order valence-electron chi connectivity index (χ0n) is 26.9. The summed E-state index contributed by atoms with van der Waals surface area (Å²) in [6, 6.07) is 0. The molecule has 0 aliphatic carbocycles. The molecule has 38 heavy (non-hydrogen) atoms. The van der Waals surface area contributed by atoms with E-state index in [4.69, 9.17) is 14.0 Å². The molecule has 0 heterocycles. The van der Waals surface area contributed by atoms with Gasteiger partial charge in [-0.25, -0.2) is 0 Å². The van der Waals surface area contributed by atoms with Crippen LogP contribution in [-0.2, 0) is 13.6 Å². The Morgan fingerprint density at radius 2 is 1.39 bits per heavy atom. The van der Waals surface area contributed by atoms with Crippen molar-refractivity contribution in [1.82, 2.24) is 0 Å². The molecule has 0 amide bonds. The quantitative estimate of drug-likeness (QED) is 0.0731. The van der Waals surface area contributed by atoms with Gasteiger partial charge in [0, 0.05) is 12.5 Å². The van der Waals surface area contributed by atoms with Crippen LogP contribution in [0.2, 0.25) is 36.3 Å². The van der Waals surface area contributed by atoms with Gasteiger partial charge in [-0.1, -0.05) is 97.8 Å². The third-order valence-corrected chi connectivity index (χ3v) is 17.2. The lowest BCUT2D eigenvalue weighted by Crippen LogP contribution is -2.43. The first-order valence-corrected chi connectivity index (χ1v) is 20.8. The first-order valence-electron chi connectivity index (χ1n) is 15.0. The fraction of sp³-hybridized carbons (Fsp3) is 0.781. The average Bonchev–Trinajstić information content (AvgIpc) is 2.75. The molecular formula is C32H62O4Si2. The molecule has 0 radical (unpaired) electrons. The van der Waals surface area contributed by atoms with E-state index < -0.39 is 22.6 Å². The summed E-state index contributed by atoms with van der Waals surface area (Å²) >= 11 is 0. The molecule has 0 aromatic rings. The minimum absolute atomic E-state index is 0.0487. The van der Waals surface area contributed by atoms with E-state index >= 15 is 0 Å². The second kappa shape index (κ2) is 17.7. The second-order valence-corrected chi connectivity index (χ2v) is 23.3. The number of aliphatic carboxylic acids is 1. The number of hydrogen-bond donors (Lipinski definition) is 1. The summed E-state index contributed by atoms with van der Waals surface area (Å²) < 4.78 is 13.4. The molecule has 0 aliphatic heterocycles. The summed E-state index contributed by atoms with van der Waals surface area (Å²) in [5, 5.41) is 9.37. The van der Waals surface area contributed by atoms with Gasteiger partial charge in [-0.2, -0.15) is 0 Å². The van der Waals surface area contributed by atoms with Gasteiger partial charge in [0.1, 0.15) is 0 Å². The van der Waals surface area contributed by atoms with Crippen LogP contribution in [0, 0.1) is 0 Å². The topological polar surface area (TPSA) is 55.8 Å². The molecule has 0 aromatic heterocycles. The fourth-order valence-corrected chi connectivity index (χ4v) is 6.25. The molecule has 6 heteroatoms. The SMILES string of the molecule is CCCCC/C=C\C[C@H](CC/C=C/C=C\[C@H](CCCC(=O)O)O[Si](C)(C)C(C)(C)C)O[Si](C)(C)C(C)(C)C. The summed E-state index contributed by atoms with van der Waals surface area (Å²) in [5.41, 5.74) is 0. The van der Waals surface area contributed by atoms with E-state index in [1.807, 2.05) is 0 Å². The zero-order chi connectivity index (χ0) is 29.5. The van der Waals surface area contributed by atoms with Gasteiger partial charge in [-0.3, -0.25) is 4.79 Å². The molecule has 0 saturated heterocycles. The van der Waals surface area contributed by atoms with Crippen molar-refractivity contribution < 1.29 is 18.8 Å². The van der Waals surface area contributed by atoms with Crippen LogP contribution in [0.3, 0.4) is 0 Å². The van der Waals surface area contributed by atoms with Crippen molar-refractivity contribution >= 4 is 22.6 Å². The smallest absolute Gasteiger partial charge is 0.303 e. The van der Waals surface area contributed by atoms with E-state index in [1.165, 1.54) is 19.3 Å². The Morgan fingerprint density at radius 1 is 0.789 bits per heavy atom. The van der Waals surface area contributed by atoms with Crippen LogP contribution in [0.15, 0.2) is 36.5 Å². The number of hydrogen-bond acceptors (Lipinski definition) is 3. The fourth-order valence-electron chi connectivity index (χ4n) is 3.55. The van der Waals surface area contributed by atoms with E-state index in [2.05, 4.69) is 111 Å². The highest BCUT2D eigenvalue weighted by Crippen LogP contribution is 2.39. The molecule has 222 valence electrons. The number of unbranched alkanes of at least 4 members (excludes halogenated alkanes) is 3. The van der Waals surface area contributed by atoms with Crippen LogP contribution in [0.5, 0.6) is 0 Å². The Kier molecular flexibility index (Phi) is 17.2. The minimum atomic E-state index is -1.94. The zero-order valence-corrected chi connectivity index (χ0v) is 28.9. The standard InChI is InChI=1S/C32H62O4Si2/c1-12-13-14-15-16-19-23-28(35-37(8,9)31(2,3)4)24-20-17-18-21-25-29(26-22-27-30(33)34)36-38(10,11)32(5,6)7/h16-19,21,25,28-29H,12-15,20,22-24,26-27H2,1-11H3,(H,33,34)/b18-17+,19-16-,25-21-/t28-,29-/m1/s1. The van der Waals surface area contributed by atoms with Crippen LogP contribution >= 0.6 is 0 Å². The molecule has 0 saturated carbocycles. The number of carboxylic acids is 1. The molecule has 2 atom stereocenters.